The van der Waals surface area contributed by atoms with Gasteiger partial charge in [0.05, 0.1) is 0 Å². The number of amides is 1. The van der Waals surface area contributed by atoms with Gasteiger partial charge in [0.15, 0.2) is 12.0 Å². The number of hydrogen-bond acceptors (Lipinski definition) is 3. The van der Waals surface area contributed by atoms with Crippen LogP contribution in [0.4, 0.5) is 0 Å². The Hall–Kier alpha value is -1.84. The van der Waals surface area contributed by atoms with Crippen LogP contribution in [0, 0.1) is 5.92 Å². The number of nitrogens with zero attached hydrogens (tertiary/aromatic N) is 1. The van der Waals surface area contributed by atoms with Crippen molar-refractivity contribution in [3.63, 3.8) is 0 Å². The fourth-order valence-electron chi connectivity index (χ4n) is 1.40. The highest BCUT2D eigenvalue weighted by molar-refractivity contribution is 5.96. The summed E-state index contributed by atoms with van der Waals surface area (Å²) in [4.78, 5) is 15.8. The second kappa shape index (κ2) is 4.35. The van der Waals surface area contributed by atoms with Crippen LogP contribution in [0.15, 0.2) is 29.0 Å². The zero-order valence-corrected chi connectivity index (χ0v) is 9.36. The first-order chi connectivity index (χ1) is 7.66. The molecule has 84 valence electrons. The largest absolute Gasteiger partial charge is 0.443 e. The third kappa shape index (κ3) is 2.21. The third-order valence-corrected chi connectivity index (χ3v) is 2.26. The molecule has 1 aromatic carbocycles. The van der Waals surface area contributed by atoms with Crippen molar-refractivity contribution in [2.24, 2.45) is 5.92 Å². The molecule has 0 spiro atoms. The number of oxazole rings is 1. The first kappa shape index (κ1) is 10.7. The minimum Gasteiger partial charge on any atom is -0.443 e. The van der Waals surface area contributed by atoms with E-state index in [0.29, 0.717) is 29.1 Å². The van der Waals surface area contributed by atoms with E-state index >= 15 is 0 Å². The Kier molecular flexibility index (Phi) is 2.90. The molecule has 16 heavy (non-hydrogen) atoms. The predicted octanol–water partition coefficient (Wildman–Crippen LogP) is 2.21. The summed E-state index contributed by atoms with van der Waals surface area (Å²) in [6.07, 6.45) is 1.38. The summed E-state index contributed by atoms with van der Waals surface area (Å²) in [7, 11) is 0. The van der Waals surface area contributed by atoms with Crippen LogP contribution in [0.2, 0.25) is 0 Å². The van der Waals surface area contributed by atoms with Crippen molar-refractivity contribution in [2.45, 2.75) is 13.8 Å². The Morgan fingerprint density at radius 2 is 2.31 bits per heavy atom. The lowest BCUT2D eigenvalue weighted by Crippen LogP contribution is -2.27. The number of fused-ring (bicyclic) bond motifs is 1. The van der Waals surface area contributed by atoms with E-state index in [2.05, 4.69) is 24.1 Å². The number of nitrogens with one attached hydrogen (secondary N) is 1. The molecular formula is C12H14N2O2. The van der Waals surface area contributed by atoms with Gasteiger partial charge in [0, 0.05) is 12.1 Å². The van der Waals surface area contributed by atoms with Gasteiger partial charge in [0.1, 0.15) is 5.52 Å². The fourth-order valence-corrected chi connectivity index (χ4v) is 1.40. The molecule has 0 aliphatic heterocycles. The van der Waals surface area contributed by atoms with E-state index in [0.717, 1.165) is 0 Å². The lowest BCUT2D eigenvalue weighted by atomic mass is 10.1. The number of rotatable bonds is 3. The summed E-state index contributed by atoms with van der Waals surface area (Å²) in [5, 5.41) is 2.86. The summed E-state index contributed by atoms with van der Waals surface area (Å²) >= 11 is 0. The summed E-state index contributed by atoms with van der Waals surface area (Å²) < 4.78 is 5.11. The minimum absolute atomic E-state index is 0.0707. The van der Waals surface area contributed by atoms with Gasteiger partial charge in [-0.1, -0.05) is 13.8 Å². The number of carbonyl (C=O) groups is 1. The number of hydrogen-bond donors (Lipinski definition) is 1. The molecule has 4 heteroatoms. The first-order valence-corrected chi connectivity index (χ1v) is 5.28. The molecule has 1 amide bonds. The maximum atomic E-state index is 11.7. The summed E-state index contributed by atoms with van der Waals surface area (Å²) in [6.45, 7) is 4.79. The third-order valence-electron chi connectivity index (χ3n) is 2.26. The molecule has 0 saturated carbocycles. The molecule has 1 heterocycles. The molecule has 2 aromatic rings. The molecule has 0 bridgehead atoms. The number of benzene rings is 1. The molecule has 1 N–H and O–H groups in total. The van der Waals surface area contributed by atoms with Gasteiger partial charge >= 0.3 is 0 Å². The van der Waals surface area contributed by atoms with Crippen LogP contribution < -0.4 is 5.32 Å². The second-order valence-corrected chi connectivity index (χ2v) is 4.14. The Balaban J connectivity index is 2.16. The normalized spacial score (nSPS) is 10.9. The standard InChI is InChI=1S/C12H14N2O2/c1-8(2)6-13-12(15)9-3-4-11-10(5-9)14-7-16-11/h3-5,7-8H,6H2,1-2H3,(H,13,15). The molecule has 0 saturated heterocycles. The van der Waals surface area contributed by atoms with Crippen LogP contribution in [0.25, 0.3) is 11.1 Å². The predicted molar refractivity (Wildman–Crippen MR) is 61.2 cm³/mol. The number of carbonyl (C=O) groups excluding carboxylic acids is 1. The van der Waals surface area contributed by atoms with Gasteiger partial charge in [-0.05, 0) is 24.1 Å². The Morgan fingerprint density at radius 3 is 3.06 bits per heavy atom. The molecule has 0 atom stereocenters. The molecule has 4 nitrogen and oxygen atoms in total. The van der Waals surface area contributed by atoms with Crippen LogP contribution in [0.5, 0.6) is 0 Å². The van der Waals surface area contributed by atoms with Gasteiger partial charge in [-0.2, -0.15) is 0 Å². The van der Waals surface area contributed by atoms with Crippen LogP contribution in [-0.2, 0) is 0 Å². The maximum Gasteiger partial charge on any atom is 0.251 e. The van der Waals surface area contributed by atoms with E-state index in [1.54, 1.807) is 18.2 Å². The van der Waals surface area contributed by atoms with Gasteiger partial charge in [0.2, 0.25) is 0 Å². The van der Waals surface area contributed by atoms with Crippen molar-refractivity contribution in [3.8, 4) is 0 Å². The smallest absolute Gasteiger partial charge is 0.251 e. The zero-order valence-electron chi connectivity index (χ0n) is 9.36. The van der Waals surface area contributed by atoms with Crippen LogP contribution in [0.3, 0.4) is 0 Å². The van der Waals surface area contributed by atoms with Crippen LogP contribution in [-0.4, -0.2) is 17.4 Å². The lowest BCUT2D eigenvalue weighted by Gasteiger charge is -2.07. The summed E-state index contributed by atoms with van der Waals surface area (Å²) in [6, 6.07) is 5.23. The van der Waals surface area contributed by atoms with E-state index < -0.39 is 0 Å². The summed E-state index contributed by atoms with van der Waals surface area (Å²) in [5.74, 6) is 0.373. The highest BCUT2D eigenvalue weighted by atomic mass is 16.3. The molecule has 0 aliphatic rings. The molecule has 1 aromatic heterocycles. The van der Waals surface area contributed by atoms with Crippen molar-refractivity contribution >= 4 is 17.0 Å². The quantitative estimate of drug-likeness (QED) is 0.859. The molecule has 0 unspecified atom stereocenters. The van der Waals surface area contributed by atoms with Gasteiger partial charge in [-0.15, -0.1) is 0 Å². The Morgan fingerprint density at radius 1 is 1.50 bits per heavy atom. The second-order valence-electron chi connectivity index (χ2n) is 4.14. The minimum atomic E-state index is -0.0707. The average molecular weight is 218 g/mol. The van der Waals surface area contributed by atoms with E-state index in [1.165, 1.54) is 6.39 Å². The van der Waals surface area contributed by atoms with E-state index in [1.807, 2.05) is 0 Å². The first-order valence-electron chi connectivity index (χ1n) is 5.28. The van der Waals surface area contributed by atoms with E-state index in [-0.39, 0.29) is 5.91 Å². The average Bonchev–Trinajstić information content (AvgIpc) is 2.72. The fraction of sp³-hybridized carbons (Fsp3) is 0.333. The SMILES string of the molecule is CC(C)CNC(=O)c1ccc2ocnc2c1. The van der Waals surface area contributed by atoms with Crippen molar-refractivity contribution in [1.29, 1.82) is 0 Å². The van der Waals surface area contributed by atoms with Crippen LogP contribution in [0.1, 0.15) is 24.2 Å². The van der Waals surface area contributed by atoms with Crippen molar-refractivity contribution in [3.05, 3.63) is 30.2 Å². The molecule has 0 fully saturated rings. The van der Waals surface area contributed by atoms with E-state index in [9.17, 15) is 4.79 Å². The van der Waals surface area contributed by atoms with Crippen molar-refractivity contribution < 1.29 is 9.21 Å². The lowest BCUT2D eigenvalue weighted by molar-refractivity contribution is 0.0949. The molecule has 0 radical (unpaired) electrons. The zero-order chi connectivity index (χ0) is 11.5. The van der Waals surface area contributed by atoms with E-state index in [4.69, 9.17) is 4.42 Å². The Labute approximate surface area is 93.7 Å². The topological polar surface area (TPSA) is 55.1 Å². The highest BCUT2D eigenvalue weighted by Gasteiger charge is 2.08. The molecular weight excluding hydrogens is 204 g/mol. The Bertz CT molecular complexity index is 502. The maximum absolute atomic E-state index is 11.7. The molecule has 0 aliphatic carbocycles. The number of aromatic nitrogens is 1. The van der Waals surface area contributed by atoms with Gasteiger partial charge in [-0.25, -0.2) is 4.98 Å². The summed E-state index contributed by atoms with van der Waals surface area (Å²) in [5.41, 5.74) is 2.01. The van der Waals surface area contributed by atoms with Gasteiger partial charge < -0.3 is 9.73 Å². The molecule has 2 rings (SSSR count). The van der Waals surface area contributed by atoms with Crippen molar-refractivity contribution in [2.75, 3.05) is 6.54 Å². The van der Waals surface area contributed by atoms with Crippen LogP contribution >= 0.6 is 0 Å². The monoisotopic (exact) mass is 218 g/mol. The van der Waals surface area contributed by atoms with Gasteiger partial charge in [0.25, 0.3) is 5.91 Å². The van der Waals surface area contributed by atoms with Crippen molar-refractivity contribution in [1.82, 2.24) is 10.3 Å². The highest BCUT2D eigenvalue weighted by Crippen LogP contribution is 2.13. The van der Waals surface area contributed by atoms with Gasteiger partial charge in [-0.3, -0.25) is 4.79 Å².